The van der Waals surface area contributed by atoms with E-state index in [1.807, 2.05) is 60.4 Å². The Kier molecular flexibility index (Phi) is 5.68. The van der Waals surface area contributed by atoms with E-state index in [1.54, 1.807) is 6.07 Å². The van der Waals surface area contributed by atoms with Crippen molar-refractivity contribution in [2.75, 3.05) is 33.2 Å². The number of nitrogens with one attached hydrogen (secondary N) is 1. The van der Waals surface area contributed by atoms with E-state index in [4.69, 9.17) is 0 Å². The van der Waals surface area contributed by atoms with Gasteiger partial charge in [0.1, 0.15) is 6.04 Å². The maximum atomic E-state index is 13.1. The highest BCUT2D eigenvalue weighted by Gasteiger charge is 2.29. The molecule has 1 fully saturated rings. The molecule has 1 atom stereocenters. The van der Waals surface area contributed by atoms with Gasteiger partial charge in [-0.15, -0.1) is 0 Å². The SMILES string of the molecule is Cc1ccccc1C(=O)N[C@H](C(=O)N1CCN(C)CC1)c1ccccc1. The number of benzene rings is 2. The number of nitrogens with zero attached hydrogens (tertiary/aromatic N) is 2. The Morgan fingerprint density at radius 1 is 0.923 bits per heavy atom. The van der Waals surface area contributed by atoms with Crippen LogP contribution in [0, 0.1) is 6.92 Å². The van der Waals surface area contributed by atoms with Crippen LogP contribution in [0.25, 0.3) is 0 Å². The Hall–Kier alpha value is -2.66. The second kappa shape index (κ2) is 8.15. The van der Waals surface area contributed by atoms with Gasteiger partial charge in [-0.3, -0.25) is 9.59 Å². The normalized spacial score (nSPS) is 16.2. The standard InChI is InChI=1S/C21H25N3O2/c1-16-8-6-7-11-18(16)20(25)22-19(17-9-4-3-5-10-17)21(26)24-14-12-23(2)13-15-24/h3-11,19H,12-15H2,1-2H3,(H,22,25)/t19-/m0/s1. The minimum atomic E-state index is -0.674. The minimum Gasteiger partial charge on any atom is -0.338 e. The van der Waals surface area contributed by atoms with E-state index in [9.17, 15) is 9.59 Å². The Balaban J connectivity index is 1.83. The van der Waals surface area contributed by atoms with Crippen LogP contribution in [0.3, 0.4) is 0 Å². The van der Waals surface area contributed by atoms with Crippen molar-refractivity contribution in [3.63, 3.8) is 0 Å². The van der Waals surface area contributed by atoms with Gasteiger partial charge in [-0.25, -0.2) is 0 Å². The number of rotatable bonds is 4. The molecule has 0 bridgehead atoms. The predicted molar refractivity (Wildman–Crippen MR) is 102 cm³/mol. The monoisotopic (exact) mass is 351 g/mol. The van der Waals surface area contributed by atoms with Gasteiger partial charge in [0, 0.05) is 31.7 Å². The smallest absolute Gasteiger partial charge is 0.252 e. The number of hydrogen-bond acceptors (Lipinski definition) is 3. The van der Waals surface area contributed by atoms with Crippen molar-refractivity contribution >= 4 is 11.8 Å². The van der Waals surface area contributed by atoms with Gasteiger partial charge in [-0.2, -0.15) is 0 Å². The number of likely N-dealkylation sites (N-methyl/N-ethyl adjacent to an activating group) is 1. The molecule has 1 saturated heterocycles. The number of carbonyl (C=O) groups excluding carboxylic acids is 2. The van der Waals surface area contributed by atoms with E-state index in [0.717, 1.165) is 24.2 Å². The van der Waals surface area contributed by atoms with E-state index in [1.165, 1.54) is 0 Å². The maximum absolute atomic E-state index is 13.1. The summed E-state index contributed by atoms with van der Waals surface area (Å²) in [5.74, 6) is -0.273. The highest BCUT2D eigenvalue weighted by molar-refractivity contribution is 5.98. The fourth-order valence-corrected chi connectivity index (χ4v) is 3.18. The molecule has 1 N–H and O–H groups in total. The first-order chi connectivity index (χ1) is 12.6. The van der Waals surface area contributed by atoms with Crippen LogP contribution in [0.4, 0.5) is 0 Å². The molecule has 0 aromatic heterocycles. The number of carbonyl (C=O) groups is 2. The van der Waals surface area contributed by atoms with Crippen LogP contribution < -0.4 is 5.32 Å². The second-order valence-electron chi connectivity index (χ2n) is 6.76. The summed E-state index contributed by atoms with van der Waals surface area (Å²) in [7, 11) is 2.05. The van der Waals surface area contributed by atoms with Crippen LogP contribution in [0.1, 0.15) is 27.5 Å². The summed E-state index contributed by atoms with van der Waals surface area (Å²) in [4.78, 5) is 30.0. The third-order valence-electron chi connectivity index (χ3n) is 4.86. The number of amides is 2. The van der Waals surface area contributed by atoms with Crippen molar-refractivity contribution < 1.29 is 9.59 Å². The van der Waals surface area contributed by atoms with Crippen molar-refractivity contribution in [2.45, 2.75) is 13.0 Å². The zero-order valence-electron chi connectivity index (χ0n) is 15.3. The van der Waals surface area contributed by atoms with Crippen LogP contribution in [-0.4, -0.2) is 54.8 Å². The molecular formula is C21H25N3O2. The molecule has 0 saturated carbocycles. The molecular weight excluding hydrogens is 326 g/mol. The van der Waals surface area contributed by atoms with Gasteiger partial charge in [0.2, 0.25) is 5.91 Å². The Morgan fingerprint density at radius 3 is 2.19 bits per heavy atom. The van der Waals surface area contributed by atoms with Gasteiger partial charge >= 0.3 is 0 Å². The van der Waals surface area contributed by atoms with Gasteiger partial charge in [-0.1, -0.05) is 48.5 Å². The molecule has 5 heteroatoms. The summed E-state index contributed by atoms with van der Waals surface area (Å²) in [5.41, 5.74) is 2.29. The van der Waals surface area contributed by atoms with Crippen molar-refractivity contribution in [3.05, 3.63) is 71.3 Å². The average molecular weight is 351 g/mol. The molecule has 3 rings (SSSR count). The summed E-state index contributed by atoms with van der Waals surface area (Å²) in [5, 5.41) is 2.95. The summed E-state index contributed by atoms with van der Waals surface area (Å²) in [6.45, 7) is 4.95. The fourth-order valence-electron chi connectivity index (χ4n) is 3.18. The molecule has 0 radical (unpaired) electrons. The molecule has 1 heterocycles. The van der Waals surface area contributed by atoms with E-state index >= 15 is 0 Å². The highest BCUT2D eigenvalue weighted by Crippen LogP contribution is 2.18. The topological polar surface area (TPSA) is 52.7 Å². The summed E-state index contributed by atoms with van der Waals surface area (Å²) >= 11 is 0. The number of aryl methyl sites for hydroxylation is 1. The minimum absolute atomic E-state index is 0.0498. The molecule has 1 aliphatic rings. The zero-order valence-corrected chi connectivity index (χ0v) is 15.3. The second-order valence-corrected chi connectivity index (χ2v) is 6.76. The van der Waals surface area contributed by atoms with E-state index in [2.05, 4.69) is 17.3 Å². The number of hydrogen-bond donors (Lipinski definition) is 1. The lowest BCUT2D eigenvalue weighted by molar-refractivity contribution is -0.135. The largest absolute Gasteiger partial charge is 0.338 e. The first-order valence-corrected chi connectivity index (χ1v) is 8.95. The Labute approximate surface area is 154 Å². The van der Waals surface area contributed by atoms with Crippen molar-refractivity contribution in [1.29, 1.82) is 0 Å². The molecule has 2 aromatic carbocycles. The van der Waals surface area contributed by atoms with Crippen molar-refractivity contribution in [3.8, 4) is 0 Å². The Morgan fingerprint density at radius 2 is 1.54 bits per heavy atom. The molecule has 5 nitrogen and oxygen atoms in total. The molecule has 26 heavy (non-hydrogen) atoms. The van der Waals surface area contributed by atoms with Crippen molar-refractivity contribution in [2.24, 2.45) is 0 Å². The maximum Gasteiger partial charge on any atom is 0.252 e. The molecule has 136 valence electrons. The van der Waals surface area contributed by atoms with Gasteiger partial charge in [0.05, 0.1) is 0 Å². The lowest BCUT2D eigenvalue weighted by Crippen LogP contribution is -2.51. The average Bonchev–Trinajstić information content (AvgIpc) is 2.67. The van der Waals surface area contributed by atoms with Crippen LogP contribution in [0.5, 0.6) is 0 Å². The quantitative estimate of drug-likeness (QED) is 0.919. The van der Waals surface area contributed by atoms with Gasteiger partial charge < -0.3 is 15.1 Å². The molecule has 1 aliphatic heterocycles. The van der Waals surface area contributed by atoms with Gasteiger partial charge in [-0.05, 0) is 31.2 Å². The lowest BCUT2D eigenvalue weighted by Gasteiger charge is -2.35. The Bertz CT molecular complexity index is 768. The summed E-state index contributed by atoms with van der Waals surface area (Å²) < 4.78 is 0. The molecule has 0 unspecified atom stereocenters. The zero-order chi connectivity index (χ0) is 18.5. The lowest BCUT2D eigenvalue weighted by atomic mass is 10.0. The van der Waals surface area contributed by atoms with E-state index in [0.29, 0.717) is 18.7 Å². The molecule has 0 aliphatic carbocycles. The van der Waals surface area contributed by atoms with Gasteiger partial charge in [0.25, 0.3) is 5.91 Å². The molecule has 2 amide bonds. The highest BCUT2D eigenvalue weighted by atomic mass is 16.2. The first-order valence-electron chi connectivity index (χ1n) is 8.95. The number of piperazine rings is 1. The third-order valence-corrected chi connectivity index (χ3v) is 4.86. The van der Waals surface area contributed by atoms with Gasteiger partial charge in [0.15, 0.2) is 0 Å². The van der Waals surface area contributed by atoms with Crippen LogP contribution in [-0.2, 0) is 4.79 Å². The summed E-state index contributed by atoms with van der Waals surface area (Å²) in [6.07, 6.45) is 0. The van der Waals surface area contributed by atoms with E-state index < -0.39 is 6.04 Å². The van der Waals surface area contributed by atoms with Crippen LogP contribution in [0.15, 0.2) is 54.6 Å². The third kappa shape index (κ3) is 4.11. The van der Waals surface area contributed by atoms with Crippen LogP contribution in [0.2, 0.25) is 0 Å². The first kappa shape index (κ1) is 18.1. The predicted octanol–water partition coefficient (Wildman–Crippen LogP) is 2.24. The summed E-state index contributed by atoms with van der Waals surface area (Å²) in [6, 6.07) is 16.2. The fraction of sp³-hybridized carbons (Fsp3) is 0.333. The van der Waals surface area contributed by atoms with Crippen molar-refractivity contribution in [1.82, 2.24) is 15.1 Å². The molecule has 2 aromatic rings. The molecule has 0 spiro atoms. The van der Waals surface area contributed by atoms with Crippen LogP contribution >= 0.6 is 0 Å². The van der Waals surface area contributed by atoms with E-state index in [-0.39, 0.29) is 11.8 Å².